The molecule has 0 bridgehead atoms. The predicted molar refractivity (Wildman–Crippen MR) is 77.5 cm³/mol. The molecule has 1 N–H and O–H groups in total. The molecule has 1 amide bonds. The molecule has 2 rings (SSSR count). The van der Waals surface area contributed by atoms with Gasteiger partial charge in [0.05, 0.1) is 31.2 Å². The third kappa shape index (κ3) is 3.85. The lowest BCUT2D eigenvalue weighted by atomic mass is 10.1. The van der Waals surface area contributed by atoms with Crippen LogP contribution in [-0.4, -0.2) is 52.8 Å². The van der Waals surface area contributed by atoms with Gasteiger partial charge in [0.25, 0.3) is 0 Å². The first-order valence-corrected chi connectivity index (χ1v) is 7.62. The molecule has 0 radical (unpaired) electrons. The van der Waals surface area contributed by atoms with Gasteiger partial charge in [0.1, 0.15) is 5.76 Å². The summed E-state index contributed by atoms with van der Waals surface area (Å²) in [6.45, 7) is 5.12. The maximum Gasteiger partial charge on any atom is 0.306 e. The maximum absolute atomic E-state index is 12.5. The number of hydrogen-bond donors (Lipinski definition) is 1. The second-order valence-corrected chi connectivity index (χ2v) is 5.35. The minimum Gasteiger partial charge on any atom is -0.481 e. The number of aryl methyl sites for hydroxylation is 2. The van der Waals surface area contributed by atoms with Gasteiger partial charge in [0.2, 0.25) is 5.91 Å². The van der Waals surface area contributed by atoms with Crippen molar-refractivity contribution in [1.29, 1.82) is 0 Å². The molecule has 22 heavy (non-hydrogen) atoms. The summed E-state index contributed by atoms with van der Waals surface area (Å²) in [7, 11) is 0. The van der Waals surface area contributed by atoms with Crippen LogP contribution in [0.3, 0.4) is 0 Å². The summed E-state index contributed by atoms with van der Waals surface area (Å²) in [6.07, 6.45) is 1.14. The Balaban J connectivity index is 2.02. The average Bonchev–Trinajstić information content (AvgIpc) is 2.88. The first kappa shape index (κ1) is 16.5. The molecule has 122 valence electrons. The third-order valence-electron chi connectivity index (χ3n) is 3.83. The summed E-state index contributed by atoms with van der Waals surface area (Å²) in [5, 5.41) is 12.8. The topological polar surface area (TPSA) is 92.9 Å². The lowest BCUT2D eigenvalue weighted by molar-refractivity contribution is -0.147. The van der Waals surface area contributed by atoms with Gasteiger partial charge >= 0.3 is 5.97 Å². The van der Waals surface area contributed by atoms with Gasteiger partial charge < -0.3 is 19.3 Å². The van der Waals surface area contributed by atoms with Gasteiger partial charge in [-0.3, -0.25) is 9.59 Å². The van der Waals surface area contributed by atoms with E-state index in [1.54, 1.807) is 4.90 Å². The fraction of sp³-hybridized carbons (Fsp3) is 0.667. The normalized spacial score (nSPS) is 18.5. The molecule has 7 nitrogen and oxygen atoms in total. The Morgan fingerprint density at radius 1 is 1.36 bits per heavy atom. The van der Waals surface area contributed by atoms with E-state index in [2.05, 4.69) is 5.16 Å². The molecule has 0 unspecified atom stereocenters. The quantitative estimate of drug-likeness (QED) is 0.844. The number of amides is 1. The number of rotatable bonds is 6. The molecule has 1 fully saturated rings. The number of carbonyl (C=O) groups is 2. The number of ether oxygens (including phenoxy) is 1. The van der Waals surface area contributed by atoms with Gasteiger partial charge in [-0.25, -0.2) is 0 Å². The van der Waals surface area contributed by atoms with E-state index < -0.39 is 12.1 Å². The highest BCUT2D eigenvalue weighted by atomic mass is 16.5. The molecule has 1 aromatic rings. The summed E-state index contributed by atoms with van der Waals surface area (Å²) >= 11 is 0. The summed E-state index contributed by atoms with van der Waals surface area (Å²) < 4.78 is 10.7. The van der Waals surface area contributed by atoms with E-state index in [1.807, 2.05) is 13.8 Å². The Hall–Kier alpha value is -1.89. The molecule has 1 aliphatic rings. The van der Waals surface area contributed by atoms with Crippen LogP contribution in [0, 0.1) is 0 Å². The van der Waals surface area contributed by atoms with Gasteiger partial charge in [0, 0.05) is 25.1 Å². The zero-order valence-electron chi connectivity index (χ0n) is 13.0. The zero-order chi connectivity index (χ0) is 16.1. The van der Waals surface area contributed by atoms with E-state index in [0.717, 1.165) is 23.4 Å². The van der Waals surface area contributed by atoms with E-state index in [9.17, 15) is 9.59 Å². The van der Waals surface area contributed by atoms with E-state index in [1.165, 1.54) is 0 Å². The van der Waals surface area contributed by atoms with Gasteiger partial charge in [-0.05, 0) is 6.42 Å². The lowest BCUT2D eigenvalue weighted by Gasteiger charge is -2.32. The molecular weight excluding hydrogens is 288 g/mol. The molecule has 1 aromatic heterocycles. The Morgan fingerprint density at radius 2 is 2.14 bits per heavy atom. The second-order valence-electron chi connectivity index (χ2n) is 5.35. The van der Waals surface area contributed by atoms with Gasteiger partial charge in [-0.15, -0.1) is 0 Å². The number of morpholine rings is 1. The Kier molecular flexibility index (Phi) is 5.54. The van der Waals surface area contributed by atoms with Crippen LogP contribution in [-0.2, 0) is 33.6 Å². The lowest BCUT2D eigenvalue weighted by Crippen LogP contribution is -2.46. The molecule has 1 atom stereocenters. The zero-order valence-corrected chi connectivity index (χ0v) is 13.0. The molecule has 0 spiro atoms. The number of aromatic nitrogens is 1. The summed E-state index contributed by atoms with van der Waals surface area (Å²) in [5.41, 5.74) is 1.69. The molecule has 2 heterocycles. The predicted octanol–water partition coefficient (Wildman–Crippen LogP) is 1.04. The van der Waals surface area contributed by atoms with E-state index in [4.69, 9.17) is 14.4 Å². The monoisotopic (exact) mass is 310 g/mol. The van der Waals surface area contributed by atoms with E-state index in [-0.39, 0.29) is 18.7 Å². The highest BCUT2D eigenvalue weighted by molar-refractivity contribution is 5.79. The van der Waals surface area contributed by atoms with Crippen molar-refractivity contribution in [2.75, 3.05) is 19.7 Å². The second kappa shape index (κ2) is 7.40. The molecular formula is C15H22N2O5. The van der Waals surface area contributed by atoms with Crippen LogP contribution in [0.2, 0.25) is 0 Å². The van der Waals surface area contributed by atoms with E-state index in [0.29, 0.717) is 26.1 Å². The Bertz CT molecular complexity index is 519. The minimum absolute atomic E-state index is 0.0358. The Morgan fingerprint density at radius 3 is 2.77 bits per heavy atom. The smallest absolute Gasteiger partial charge is 0.306 e. The summed E-state index contributed by atoms with van der Waals surface area (Å²) in [4.78, 5) is 24.9. The van der Waals surface area contributed by atoms with Crippen LogP contribution in [0.15, 0.2) is 4.52 Å². The number of carboxylic acids is 1. The fourth-order valence-electron chi connectivity index (χ4n) is 2.66. The van der Waals surface area contributed by atoms with E-state index >= 15 is 0 Å². The number of hydrogen-bond acceptors (Lipinski definition) is 5. The first-order valence-electron chi connectivity index (χ1n) is 7.62. The summed E-state index contributed by atoms with van der Waals surface area (Å²) in [6, 6.07) is 0. The number of aliphatic carboxylic acids is 1. The highest BCUT2D eigenvalue weighted by Crippen LogP contribution is 2.18. The van der Waals surface area contributed by atoms with Crippen LogP contribution < -0.4 is 0 Å². The maximum atomic E-state index is 12.5. The van der Waals surface area contributed by atoms with Crippen molar-refractivity contribution in [3.63, 3.8) is 0 Å². The van der Waals surface area contributed by atoms with Crippen LogP contribution in [0.25, 0.3) is 0 Å². The Labute approximate surface area is 129 Å². The number of nitrogens with zero attached hydrogens (tertiary/aromatic N) is 2. The molecule has 0 saturated carbocycles. The molecule has 1 saturated heterocycles. The van der Waals surface area contributed by atoms with Crippen molar-refractivity contribution < 1.29 is 24.0 Å². The first-order chi connectivity index (χ1) is 10.5. The minimum atomic E-state index is -0.917. The van der Waals surface area contributed by atoms with Crippen molar-refractivity contribution in [2.45, 2.75) is 45.6 Å². The molecule has 0 aliphatic carbocycles. The molecule has 1 aliphatic heterocycles. The van der Waals surface area contributed by atoms with Gasteiger partial charge in [-0.1, -0.05) is 19.0 Å². The van der Waals surface area contributed by atoms with Crippen molar-refractivity contribution in [1.82, 2.24) is 10.1 Å². The average molecular weight is 310 g/mol. The van der Waals surface area contributed by atoms with Crippen molar-refractivity contribution >= 4 is 11.9 Å². The van der Waals surface area contributed by atoms with Crippen LogP contribution in [0.4, 0.5) is 0 Å². The van der Waals surface area contributed by atoms with Gasteiger partial charge in [0.15, 0.2) is 0 Å². The van der Waals surface area contributed by atoms with Crippen molar-refractivity contribution in [3.05, 3.63) is 17.0 Å². The molecule has 7 heteroatoms. The number of carboxylic acid groups (broad SMARTS) is 1. The van der Waals surface area contributed by atoms with Crippen LogP contribution in [0.1, 0.15) is 37.3 Å². The number of carbonyl (C=O) groups excluding carboxylic acids is 1. The molecule has 0 aromatic carbocycles. The van der Waals surface area contributed by atoms with Crippen molar-refractivity contribution in [2.24, 2.45) is 0 Å². The van der Waals surface area contributed by atoms with Crippen molar-refractivity contribution in [3.8, 4) is 0 Å². The summed E-state index contributed by atoms with van der Waals surface area (Å²) in [5.74, 6) is -0.202. The van der Waals surface area contributed by atoms with Crippen LogP contribution >= 0.6 is 0 Å². The standard InChI is InChI=1S/C15H22N2O5/c1-3-12-11(13(4-2)22-16-12)8-14(18)17-5-6-21-10(9-17)7-15(19)20/h10H,3-9H2,1-2H3,(H,19,20)/t10-/m1/s1. The largest absolute Gasteiger partial charge is 0.481 e. The highest BCUT2D eigenvalue weighted by Gasteiger charge is 2.27. The third-order valence-corrected chi connectivity index (χ3v) is 3.83. The SMILES string of the molecule is CCc1noc(CC)c1CC(=O)N1CCO[C@H](CC(=O)O)C1. The fourth-order valence-corrected chi connectivity index (χ4v) is 2.66. The van der Waals surface area contributed by atoms with Crippen LogP contribution in [0.5, 0.6) is 0 Å². The van der Waals surface area contributed by atoms with Gasteiger partial charge in [-0.2, -0.15) is 0 Å².